The fraction of sp³-hybridized carbons (Fsp3) is 0.357. The first kappa shape index (κ1) is 14.1. The summed E-state index contributed by atoms with van der Waals surface area (Å²) in [5, 5.41) is 5.77. The van der Waals surface area contributed by atoms with Gasteiger partial charge < -0.3 is 10.1 Å². The molecule has 0 saturated carbocycles. The Morgan fingerprint density at radius 2 is 2.29 bits per heavy atom. The summed E-state index contributed by atoms with van der Waals surface area (Å²) in [6, 6.07) is 3.55. The van der Waals surface area contributed by atoms with E-state index in [-0.39, 0.29) is 12.0 Å². The average molecular weight is 304 g/mol. The van der Waals surface area contributed by atoms with Crippen molar-refractivity contribution >= 4 is 22.9 Å². The summed E-state index contributed by atoms with van der Waals surface area (Å²) >= 11 is 1.58. The highest BCUT2D eigenvalue weighted by molar-refractivity contribution is 7.09. The van der Waals surface area contributed by atoms with E-state index in [4.69, 9.17) is 4.74 Å². The molecule has 0 aliphatic carbocycles. The zero-order chi connectivity index (χ0) is 14.5. The van der Waals surface area contributed by atoms with E-state index >= 15 is 0 Å². The van der Waals surface area contributed by atoms with Crippen molar-refractivity contribution in [2.24, 2.45) is 0 Å². The number of aromatic nitrogens is 2. The van der Waals surface area contributed by atoms with Crippen molar-refractivity contribution in [2.45, 2.75) is 6.10 Å². The standard InChI is InChI=1S/C14H16N4O2S/c19-13(17-11-1-3-15-4-2-11)10-18-6-7-20-12(9-18)14-16-5-8-21-14/h1-5,8,12H,6-7,9-10H2,(H,15,17,19). The Hall–Kier alpha value is -1.83. The summed E-state index contributed by atoms with van der Waals surface area (Å²) < 4.78 is 5.72. The molecule has 1 amide bonds. The van der Waals surface area contributed by atoms with Gasteiger partial charge in [0.1, 0.15) is 11.1 Å². The number of ether oxygens (including phenoxy) is 1. The van der Waals surface area contributed by atoms with Crippen molar-refractivity contribution in [2.75, 3.05) is 31.6 Å². The molecule has 2 aromatic rings. The van der Waals surface area contributed by atoms with Crippen molar-refractivity contribution in [3.63, 3.8) is 0 Å². The number of anilines is 1. The summed E-state index contributed by atoms with van der Waals surface area (Å²) in [6.07, 6.45) is 5.05. The maximum Gasteiger partial charge on any atom is 0.238 e. The molecule has 1 N–H and O–H groups in total. The molecule has 1 saturated heterocycles. The van der Waals surface area contributed by atoms with Gasteiger partial charge in [-0.3, -0.25) is 14.7 Å². The third-order valence-corrected chi connectivity index (χ3v) is 4.08. The zero-order valence-electron chi connectivity index (χ0n) is 11.4. The van der Waals surface area contributed by atoms with Gasteiger partial charge in [-0.15, -0.1) is 11.3 Å². The van der Waals surface area contributed by atoms with Gasteiger partial charge in [-0.05, 0) is 12.1 Å². The van der Waals surface area contributed by atoms with Gasteiger partial charge in [0.05, 0.1) is 13.2 Å². The molecule has 6 nitrogen and oxygen atoms in total. The predicted octanol–water partition coefficient (Wildman–Crippen LogP) is 1.55. The Bertz CT molecular complexity index is 576. The van der Waals surface area contributed by atoms with Crippen LogP contribution in [-0.2, 0) is 9.53 Å². The van der Waals surface area contributed by atoms with Crippen LogP contribution in [0.4, 0.5) is 5.69 Å². The van der Waals surface area contributed by atoms with E-state index < -0.39 is 0 Å². The summed E-state index contributed by atoms with van der Waals surface area (Å²) in [5.41, 5.74) is 0.764. The lowest BCUT2D eigenvalue weighted by molar-refractivity contribution is -0.119. The average Bonchev–Trinajstić information content (AvgIpc) is 3.02. The number of amides is 1. The van der Waals surface area contributed by atoms with E-state index in [2.05, 4.69) is 20.2 Å². The first-order valence-electron chi connectivity index (χ1n) is 6.74. The van der Waals surface area contributed by atoms with Crippen LogP contribution in [-0.4, -0.2) is 47.0 Å². The van der Waals surface area contributed by atoms with Gasteiger partial charge >= 0.3 is 0 Å². The van der Waals surface area contributed by atoms with Gasteiger partial charge in [-0.1, -0.05) is 0 Å². The molecule has 3 rings (SSSR count). The van der Waals surface area contributed by atoms with Gasteiger partial charge in [-0.25, -0.2) is 4.98 Å². The monoisotopic (exact) mass is 304 g/mol. The van der Waals surface area contributed by atoms with Crippen LogP contribution in [0.25, 0.3) is 0 Å². The highest BCUT2D eigenvalue weighted by Gasteiger charge is 2.24. The number of nitrogens with zero attached hydrogens (tertiary/aromatic N) is 3. The minimum atomic E-state index is -0.0347. The normalized spacial score (nSPS) is 19.3. The topological polar surface area (TPSA) is 67.4 Å². The highest BCUT2D eigenvalue weighted by atomic mass is 32.1. The van der Waals surface area contributed by atoms with Crippen LogP contribution in [0.3, 0.4) is 0 Å². The first-order valence-corrected chi connectivity index (χ1v) is 7.62. The van der Waals surface area contributed by atoms with E-state index in [1.807, 2.05) is 5.38 Å². The Morgan fingerprint density at radius 3 is 3.05 bits per heavy atom. The quantitative estimate of drug-likeness (QED) is 0.928. The first-order chi connectivity index (χ1) is 10.3. The Kier molecular flexibility index (Phi) is 4.54. The molecule has 1 aliphatic rings. The van der Waals surface area contributed by atoms with E-state index in [1.165, 1.54) is 0 Å². The molecule has 21 heavy (non-hydrogen) atoms. The van der Waals surface area contributed by atoms with Crippen LogP contribution in [0, 0.1) is 0 Å². The highest BCUT2D eigenvalue weighted by Crippen LogP contribution is 2.23. The van der Waals surface area contributed by atoms with Crippen molar-refractivity contribution in [3.8, 4) is 0 Å². The summed E-state index contributed by atoms with van der Waals surface area (Å²) in [5.74, 6) is -0.0269. The van der Waals surface area contributed by atoms with E-state index in [0.717, 1.165) is 17.2 Å². The minimum Gasteiger partial charge on any atom is -0.368 e. The second kappa shape index (κ2) is 6.75. The van der Waals surface area contributed by atoms with Crippen molar-refractivity contribution in [1.29, 1.82) is 0 Å². The maximum absolute atomic E-state index is 12.0. The number of nitrogens with one attached hydrogen (secondary N) is 1. The lowest BCUT2D eigenvalue weighted by atomic mass is 10.2. The van der Waals surface area contributed by atoms with Crippen LogP contribution in [0.15, 0.2) is 36.1 Å². The molecular weight excluding hydrogens is 288 g/mol. The van der Waals surface area contributed by atoms with Crippen molar-refractivity contribution in [1.82, 2.24) is 14.9 Å². The van der Waals surface area contributed by atoms with Gasteiger partial charge in [0.15, 0.2) is 0 Å². The number of hydrogen-bond donors (Lipinski definition) is 1. The second-order valence-corrected chi connectivity index (χ2v) is 5.68. The molecule has 1 unspecified atom stereocenters. The van der Waals surface area contributed by atoms with E-state index in [1.54, 1.807) is 42.1 Å². The van der Waals surface area contributed by atoms with Gasteiger partial charge in [0.25, 0.3) is 0 Å². The second-order valence-electron chi connectivity index (χ2n) is 4.75. The molecule has 0 radical (unpaired) electrons. The predicted molar refractivity (Wildman–Crippen MR) is 80.1 cm³/mol. The van der Waals surface area contributed by atoms with Crippen molar-refractivity contribution in [3.05, 3.63) is 41.1 Å². The zero-order valence-corrected chi connectivity index (χ0v) is 12.3. The van der Waals surface area contributed by atoms with Crippen LogP contribution in [0.1, 0.15) is 11.1 Å². The number of morpholine rings is 1. The smallest absolute Gasteiger partial charge is 0.238 e. The Balaban J connectivity index is 1.54. The molecule has 110 valence electrons. The van der Waals surface area contributed by atoms with Crippen LogP contribution in [0.2, 0.25) is 0 Å². The third kappa shape index (κ3) is 3.84. The number of thiazole rings is 1. The number of pyridine rings is 1. The third-order valence-electron chi connectivity index (χ3n) is 3.21. The maximum atomic E-state index is 12.0. The SMILES string of the molecule is O=C(CN1CCOC(c2nccs2)C1)Nc1ccncc1. The van der Waals surface area contributed by atoms with E-state index in [0.29, 0.717) is 19.7 Å². The minimum absolute atomic E-state index is 0.0269. The number of carbonyl (C=O) groups excluding carboxylic acids is 1. The fourth-order valence-corrected chi connectivity index (χ4v) is 2.91. The molecule has 1 fully saturated rings. The van der Waals surface area contributed by atoms with Gasteiger partial charge in [0.2, 0.25) is 5.91 Å². The van der Waals surface area contributed by atoms with Crippen LogP contribution < -0.4 is 5.32 Å². The molecule has 0 bridgehead atoms. The van der Waals surface area contributed by atoms with Gasteiger partial charge in [-0.2, -0.15) is 0 Å². The van der Waals surface area contributed by atoms with E-state index in [9.17, 15) is 4.79 Å². The fourth-order valence-electron chi connectivity index (χ4n) is 2.23. The molecule has 0 spiro atoms. The lowest BCUT2D eigenvalue weighted by Crippen LogP contribution is -2.42. The Labute approximate surface area is 126 Å². The molecule has 1 atom stereocenters. The summed E-state index contributed by atoms with van der Waals surface area (Å²) in [6.45, 7) is 2.42. The molecule has 1 aliphatic heterocycles. The van der Waals surface area contributed by atoms with Crippen LogP contribution in [0.5, 0.6) is 0 Å². The molecule has 2 aromatic heterocycles. The Morgan fingerprint density at radius 1 is 1.43 bits per heavy atom. The van der Waals surface area contributed by atoms with Gasteiger partial charge in [0, 0.05) is 42.7 Å². The number of rotatable bonds is 4. The van der Waals surface area contributed by atoms with Crippen LogP contribution >= 0.6 is 11.3 Å². The molecular formula is C14H16N4O2S. The van der Waals surface area contributed by atoms with Crippen molar-refractivity contribution < 1.29 is 9.53 Å². The number of hydrogen-bond acceptors (Lipinski definition) is 6. The lowest BCUT2D eigenvalue weighted by Gasteiger charge is -2.31. The summed E-state index contributed by atoms with van der Waals surface area (Å²) in [4.78, 5) is 22.3. The number of carbonyl (C=O) groups is 1. The summed E-state index contributed by atoms with van der Waals surface area (Å²) in [7, 11) is 0. The molecule has 7 heteroatoms. The molecule has 0 aromatic carbocycles. The molecule has 3 heterocycles. The largest absolute Gasteiger partial charge is 0.368 e.